The monoisotopic (exact) mass is 373 g/mol. The van der Waals surface area contributed by atoms with E-state index in [1.807, 2.05) is 26.8 Å². The lowest BCUT2D eigenvalue weighted by atomic mass is 10.1. The zero-order valence-electron chi connectivity index (χ0n) is 15.6. The first-order valence-corrected chi connectivity index (χ1v) is 8.66. The molecule has 144 valence electrons. The first-order valence-electron chi connectivity index (χ1n) is 8.66. The fraction of sp³-hybridized carbons (Fsp3) is 0.368. The average molecular weight is 373 g/mol. The quantitative estimate of drug-likeness (QED) is 0.713. The van der Waals surface area contributed by atoms with Gasteiger partial charge in [-0.3, -0.25) is 14.4 Å². The highest BCUT2D eigenvalue weighted by Crippen LogP contribution is 2.07. The van der Waals surface area contributed by atoms with Gasteiger partial charge in [0.1, 0.15) is 11.1 Å². The summed E-state index contributed by atoms with van der Waals surface area (Å²) in [5.41, 5.74) is -0.760. The van der Waals surface area contributed by atoms with Crippen molar-refractivity contribution in [2.45, 2.75) is 39.8 Å². The Bertz CT molecular complexity index is 972. The van der Waals surface area contributed by atoms with Gasteiger partial charge in [-0.2, -0.15) is 0 Å². The van der Waals surface area contributed by atoms with Gasteiger partial charge in [0, 0.05) is 43.3 Å². The van der Waals surface area contributed by atoms with Gasteiger partial charge >= 0.3 is 5.97 Å². The minimum Gasteiger partial charge on any atom is -0.477 e. The van der Waals surface area contributed by atoms with Crippen LogP contribution in [-0.4, -0.2) is 32.7 Å². The van der Waals surface area contributed by atoms with Crippen LogP contribution in [0.15, 0.2) is 40.2 Å². The van der Waals surface area contributed by atoms with Crippen LogP contribution >= 0.6 is 0 Å². The van der Waals surface area contributed by atoms with Crippen LogP contribution in [-0.2, 0) is 6.54 Å². The number of pyridine rings is 2. The third-order valence-electron chi connectivity index (χ3n) is 4.23. The number of aromatic carboxylic acids is 1. The second-order valence-corrected chi connectivity index (χ2v) is 6.53. The van der Waals surface area contributed by atoms with E-state index in [1.165, 1.54) is 23.0 Å². The Balaban J connectivity index is 2.11. The molecule has 2 aromatic heterocycles. The number of aryl methyl sites for hydroxylation is 1. The molecular formula is C19H23N3O5. The van der Waals surface area contributed by atoms with Crippen molar-refractivity contribution in [1.82, 2.24) is 14.5 Å². The van der Waals surface area contributed by atoms with Crippen molar-refractivity contribution in [3.63, 3.8) is 0 Å². The molecule has 0 saturated carbocycles. The van der Waals surface area contributed by atoms with E-state index in [0.29, 0.717) is 13.0 Å². The molecule has 2 heterocycles. The van der Waals surface area contributed by atoms with E-state index < -0.39 is 22.9 Å². The van der Waals surface area contributed by atoms with E-state index in [2.05, 4.69) is 5.32 Å². The highest BCUT2D eigenvalue weighted by molar-refractivity contribution is 5.96. The zero-order valence-corrected chi connectivity index (χ0v) is 15.6. The Labute approximate surface area is 156 Å². The molecule has 8 heteroatoms. The number of hydrogen-bond acceptors (Lipinski definition) is 4. The number of amides is 1. The lowest BCUT2D eigenvalue weighted by Crippen LogP contribution is -2.33. The van der Waals surface area contributed by atoms with E-state index in [-0.39, 0.29) is 23.7 Å². The summed E-state index contributed by atoms with van der Waals surface area (Å²) in [6.07, 6.45) is 3.09. The lowest BCUT2D eigenvalue weighted by molar-refractivity contribution is 0.0694. The number of carboxylic acid groups (broad SMARTS) is 1. The van der Waals surface area contributed by atoms with E-state index in [4.69, 9.17) is 0 Å². The van der Waals surface area contributed by atoms with Crippen LogP contribution in [0.3, 0.4) is 0 Å². The van der Waals surface area contributed by atoms with Gasteiger partial charge in [0.25, 0.3) is 11.5 Å². The maximum absolute atomic E-state index is 12.4. The largest absolute Gasteiger partial charge is 0.477 e. The van der Waals surface area contributed by atoms with Gasteiger partial charge < -0.3 is 19.6 Å². The van der Waals surface area contributed by atoms with E-state index in [1.54, 1.807) is 10.6 Å². The summed E-state index contributed by atoms with van der Waals surface area (Å²) in [7, 11) is 0. The predicted octanol–water partition coefficient (Wildman–Crippen LogP) is 1.42. The summed E-state index contributed by atoms with van der Waals surface area (Å²) >= 11 is 0. The van der Waals surface area contributed by atoms with Crippen molar-refractivity contribution >= 4 is 11.9 Å². The molecule has 0 bridgehead atoms. The molecule has 0 fully saturated rings. The minimum absolute atomic E-state index is 0.108. The van der Waals surface area contributed by atoms with Gasteiger partial charge in [0.05, 0.1) is 0 Å². The smallest absolute Gasteiger partial charge is 0.341 e. The molecule has 27 heavy (non-hydrogen) atoms. The molecule has 2 aromatic rings. The normalized spacial score (nSPS) is 10.8. The molecule has 0 atom stereocenters. The Morgan fingerprint density at radius 3 is 2.41 bits per heavy atom. The average Bonchev–Trinajstić information content (AvgIpc) is 2.60. The Hall–Kier alpha value is -3.16. The van der Waals surface area contributed by atoms with Gasteiger partial charge in [-0.1, -0.05) is 6.07 Å². The second kappa shape index (κ2) is 8.48. The molecule has 0 radical (unpaired) electrons. The lowest BCUT2D eigenvalue weighted by Gasteiger charge is -2.14. The van der Waals surface area contributed by atoms with Crippen LogP contribution < -0.4 is 16.3 Å². The van der Waals surface area contributed by atoms with Crippen molar-refractivity contribution < 1.29 is 14.7 Å². The Morgan fingerprint density at radius 1 is 1.15 bits per heavy atom. The summed E-state index contributed by atoms with van der Waals surface area (Å²) in [4.78, 5) is 47.7. The molecular weight excluding hydrogens is 350 g/mol. The second-order valence-electron chi connectivity index (χ2n) is 6.53. The van der Waals surface area contributed by atoms with Gasteiger partial charge in [-0.25, -0.2) is 4.79 Å². The SMILES string of the molecule is Cc1cccc(=O)n1CCCNC(=O)c1cn(C(C)C)cc(C(=O)O)c1=O. The molecule has 2 N–H and O–H groups in total. The fourth-order valence-corrected chi connectivity index (χ4v) is 2.65. The fourth-order valence-electron chi connectivity index (χ4n) is 2.65. The number of nitrogens with zero attached hydrogens (tertiary/aromatic N) is 2. The molecule has 2 rings (SSSR count). The van der Waals surface area contributed by atoms with Crippen molar-refractivity contribution in [2.24, 2.45) is 0 Å². The maximum atomic E-state index is 12.4. The van der Waals surface area contributed by atoms with Crippen LogP contribution in [0.5, 0.6) is 0 Å². The summed E-state index contributed by atoms with van der Waals surface area (Å²) in [6, 6.07) is 4.87. The topological polar surface area (TPSA) is 110 Å². The molecule has 0 aromatic carbocycles. The minimum atomic E-state index is -1.37. The summed E-state index contributed by atoms with van der Waals surface area (Å²) in [5.74, 6) is -2.00. The number of rotatable bonds is 7. The number of aromatic nitrogens is 2. The molecule has 0 spiro atoms. The third-order valence-corrected chi connectivity index (χ3v) is 4.23. The maximum Gasteiger partial charge on any atom is 0.341 e. The summed E-state index contributed by atoms with van der Waals surface area (Å²) in [5, 5.41) is 11.8. The van der Waals surface area contributed by atoms with Crippen molar-refractivity contribution in [3.05, 3.63) is 68.0 Å². The zero-order chi connectivity index (χ0) is 20.1. The first-order chi connectivity index (χ1) is 12.7. The van der Waals surface area contributed by atoms with Gasteiger partial charge in [-0.15, -0.1) is 0 Å². The Kier molecular flexibility index (Phi) is 6.33. The van der Waals surface area contributed by atoms with Crippen molar-refractivity contribution in [3.8, 4) is 0 Å². The molecule has 1 amide bonds. The third kappa shape index (κ3) is 4.72. The van der Waals surface area contributed by atoms with E-state index in [9.17, 15) is 24.3 Å². The highest BCUT2D eigenvalue weighted by Gasteiger charge is 2.19. The van der Waals surface area contributed by atoms with Crippen LogP contribution in [0.4, 0.5) is 0 Å². The van der Waals surface area contributed by atoms with Crippen molar-refractivity contribution in [1.29, 1.82) is 0 Å². The molecule has 0 unspecified atom stereocenters. The van der Waals surface area contributed by atoms with E-state index in [0.717, 1.165) is 5.69 Å². The number of hydrogen-bond donors (Lipinski definition) is 2. The van der Waals surface area contributed by atoms with Crippen LogP contribution in [0.2, 0.25) is 0 Å². The number of carbonyl (C=O) groups is 2. The number of nitrogens with one attached hydrogen (secondary N) is 1. The van der Waals surface area contributed by atoms with Crippen LogP contribution in [0.25, 0.3) is 0 Å². The number of carboxylic acids is 1. The molecule has 0 aliphatic rings. The molecule has 8 nitrogen and oxygen atoms in total. The first kappa shape index (κ1) is 20.2. The highest BCUT2D eigenvalue weighted by atomic mass is 16.4. The molecule has 0 aliphatic heterocycles. The van der Waals surface area contributed by atoms with E-state index >= 15 is 0 Å². The Morgan fingerprint density at radius 2 is 1.81 bits per heavy atom. The summed E-state index contributed by atoms with van der Waals surface area (Å²) in [6.45, 7) is 6.14. The molecule has 0 saturated heterocycles. The predicted molar refractivity (Wildman–Crippen MR) is 100 cm³/mol. The summed E-state index contributed by atoms with van der Waals surface area (Å²) < 4.78 is 3.12. The van der Waals surface area contributed by atoms with Gasteiger partial charge in [-0.05, 0) is 33.3 Å². The van der Waals surface area contributed by atoms with Crippen LogP contribution in [0.1, 0.15) is 52.7 Å². The number of carbonyl (C=O) groups excluding carboxylic acids is 1. The van der Waals surface area contributed by atoms with Gasteiger partial charge in [0.15, 0.2) is 0 Å². The molecule has 0 aliphatic carbocycles. The van der Waals surface area contributed by atoms with Crippen molar-refractivity contribution in [2.75, 3.05) is 6.54 Å². The van der Waals surface area contributed by atoms with Gasteiger partial charge in [0.2, 0.25) is 5.43 Å². The van der Waals surface area contributed by atoms with Crippen LogP contribution in [0, 0.1) is 6.92 Å². The standard InChI is InChI=1S/C19H23N3O5/c1-12(2)21-10-14(17(24)15(11-21)19(26)27)18(25)20-8-5-9-22-13(3)6-4-7-16(22)23/h4,6-7,10-12H,5,8-9H2,1-3H3,(H,20,25)(H,26,27).